The molecule has 0 radical (unpaired) electrons. The largest absolute Gasteiger partial charge is 0.451 e. The summed E-state index contributed by atoms with van der Waals surface area (Å²) in [6.07, 6.45) is 0.724. The van der Waals surface area contributed by atoms with Crippen molar-refractivity contribution in [2.45, 2.75) is 17.7 Å². The molecule has 26 heavy (non-hydrogen) atoms. The molecule has 1 atom stereocenters. The van der Waals surface area contributed by atoms with E-state index in [1.807, 2.05) is 30.3 Å². The van der Waals surface area contributed by atoms with E-state index in [1.165, 1.54) is 36.0 Å². The molecule has 1 aliphatic rings. The predicted molar refractivity (Wildman–Crippen MR) is 101 cm³/mol. The number of hydrogen-bond acceptors (Lipinski definition) is 5. The van der Waals surface area contributed by atoms with E-state index in [-0.39, 0.29) is 5.82 Å². The van der Waals surface area contributed by atoms with E-state index < -0.39 is 11.0 Å². The van der Waals surface area contributed by atoms with Gasteiger partial charge in [-0.3, -0.25) is 0 Å². The lowest BCUT2D eigenvalue weighted by Crippen LogP contribution is -2.41. The van der Waals surface area contributed by atoms with Gasteiger partial charge in [0.2, 0.25) is 0 Å². The van der Waals surface area contributed by atoms with Crippen molar-refractivity contribution < 1.29 is 13.9 Å². The summed E-state index contributed by atoms with van der Waals surface area (Å²) in [7, 11) is 1.32. The highest BCUT2D eigenvalue weighted by Gasteiger charge is 2.48. The maximum absolute atomic E-state index is 13.7. The lowest BCUT2D eigenvalue weighted by molar-refractivity contribution is 0.0958. The molecule has 5 nitrogen and oxygen atoms in total. The first-order valence-corrected chi connectivity index (χ1v) is 9.09. The van der Waals surface area contributed by atoms with Crippen LogP contribution in [-0.2, 0) is 9.61 Å². The zero-order valence-corrected chi connectivity index (χ0v) is 15.2. The average Bonchev–Trinajstić information content (AvgIpc) is 3.07. The molecule has 0 fully saturated rings. The summed E-state index contributed by atoms with van der Waals surface area (Å²) < 4.78 is 18.6. The average molecular weight is 373 g/mol. The Morgan fingerprint density at radius 3 is 2.69 bits per heavy atom. The number of thioether (sulfide) groups is 1. The summed E-state index contributed by atoms with van der Waals surface area (Å²) in [6, 6.07) is 15.8. The number of benzene rings is 2. The standard InChI is InChI=1S/C19H20FN3O2S/c1-25-18(24)23-19(11-6-12-21,15-8-3-2-4-9-15)26-17(22-23)14-7-5-10-16(20)13-14/h2-5,7-10,13H,6,11-12,21H2,1H3. The highest BCUT2D eigenvalue weighted by Crippen LogP contribution is 2.50. The molecule has 1 amide bonds. The number of nitrogens with two attached hydrogens (primary N) is 1. The van der Waals surface area contributed by atoms with Crippen molar-refractivity contribution >= 4 is 22.9 Å². The van der Waals surface area contributed by atoms with Gasteiger partial charge in [0.05, 0.1) is 7.11 Å². The maximum Gasteiger partial charge on any atom is 0.431 e. The molecule has 0 spiro atoms. The van der Waals surface area contributed by atoms with Crippen LogP contribution in [-0.4, -0.2) is 29.8 Å². The summed E-state index contributed by atoms with van der Waals surface area (Å²) in [5.41, 5.74) is 7.27. The minimum absolute atomic E-state index is 0.352. The van der Waals surface area contributed by atoms with Crippen LogP contribution in [0, 0.1) is 5.82 Å². The molecule has 7 heteroatoms. The molecule has 1 heterocycles. The van der Waals surface area contributed by atoms with Gasteiger partial charge in [0.15, 0.2) is 0 Å². The highest BCUT2D eigenvalue weighted by atomic mass is 32.2. The summed E-state index contributed by atoms with van der Waals surface area (Å²) in [5, 5.41) is 6.40. The maximum atomic E-state index is 13.7. The Morgan fingerprint density at radius 2 is 2.04 bits per heavy atom. The fourth-order valence-electron chi connectivity index (χ4n) is 2.93. The topological polar surface area (TPSA) is 67.9 Å². The Labute approximate surface area is 156 Å². The normalized spacial score (nSPS) is 19.3. The molecule has 0 aliphatic carbocycles. The van der Waals surface area contributed by atoms with Crippen LogP contribution in [0.5, 0.6) is 0 Å². The second kappa shape index (κ2) is 7.88. The summed E-state index contributed by atoms with van der Waals surface area (Å²) in [4.78, 5) is 11.7. The van der Waals surface area contributed by atoms with Gasteiger partial charge in [-0.05, 0) is 37.1 Å². The van der Waals surface area contributed by atoms with Crippen LogP contribution in [0.1, 0.15) is 24.0 Å². The number of hydrazone groups is 1. The number of hydrogen-bond donors (Lipinski definition) is 1. The van der Waals surface area contributed by atoms with E-state index in [0.717, 1.165) is 5.56 Å². The van der Waals surface area contributed by atoms with Gasteiger partial charge in [-0.25, -0.2) is 9.18 Å². The van der Waals surface area contributed by atoms with Gasteiger partial charge in [0, 0.05) is 5.56 Å². The first-order chi connectivity index (χ1) is 12.6. The molecule has 0 aromatic heterocycles. The third-order valence-corrected chi connectivity index (χ3v) is 5.62. The number of rotatable bonds is 5. The zero-order chi connectivity index (χ0) is 18.6. The third-order valence-electron chi connectivity index (χ3n) is 4.16. The zero-order valence-electron chi connectivity index (χ0n) is 14.4. The Bertz CT molecular complexity index is 815. The summed E-state index contributed by atoms with van der Waals surface area (Å²) in [6.45, 7) is 0.486. The molecule has 2 aromatic rings. The Kier molecular flexibility index (Phi) is 5.58. The van der Waals surface area contributed by atoms with Gasteiger partial charge < -0.3 is 10.5 Å². The Morgan fingerprint density at radius 1 is 1.27 bits per heavy atom. The lowest BCUT2D eigenvalue weighted by Gasteiger charge is -2.34. The number of methoxy groups -OCH3 is 1. The molecule has 0 saturated carbocycles. The molecule has 136 valence electrons. The second-order valence-corrected chi connectivity index (χ2v) is 7.11. The van der Waals surface area contributed by atoms with E-state index in [0.29, 0.717) is 30.0 Å². The van der Waals surface area contributed by atoms with Crippen LogP contribution in [0.3, 0.4) is 0 Å². The number of nitrogens with zero attached hydrogens (tertiary/aromatic N) is 2. The first-order valence-electron chi connectivity index (χ1n) is 8.28. The molecule has 2 N–H and O–H groups in total. The molecule has 0 saturated heterocycles. The van der Waals surface area contributed by atoms with Crippen LogP contribution in [0.25, 0.3) is 0 Å². The fraction of sp³-hybridized carbons (Fsp3) is 0.263. The van der Waals surface area contributed by atoms with Crippen molar-refractivity contribution in [3.8, 4) is 0 Å². The number of amides is 1. The SMILES string of the molecule is COC(=O)N1N=C(c2cccc(F)c2)SC1(CCCN)c1ccccc1. The number of ether oxygens (including phenoxy) is 1. The predicted octanol–water partition coefficient (Wildman–Crippen LogP) is 3.89. The molecule has 1 aliphatic heterocycles. The van der Waals surface area contributed by atoms with Crippen molar-refractivity contribution in [3.63, 3.8) is 0 Å². The molecule has 3 rings (SSSR count). The van der Waals surface area contributed by atoms with E-state index in [4.69, 9.17) is 10.5 Å². The lowest BCUT2D eigenvalue weighted by atomic mass is 10.0. The molecular weight excluding hydrogens is 353 g/mol. The molecule has 2 aromatic carbocycles. The number of carbonyl (C=O) groups excluding carboxylic acids is 1. The smallest absolute Gasteiger partial charge is 0.431 e. The Balaban J connectivity index is 2.09. The number of carbonyl (C=O) groups is 1. The fourth-order valence-corrected chi connectivity index (χ4v) is 4.32. The van der Waals surface area contributed by atoms with Gasteiger partial charge in [0.25, 0.3) is 0 Å². The van der Waals surface area contributed by atoms with Crippen molar-refractivity contribution in [2.24, 2.45) is 10.8 Å². The van der Waals surface area contributed by atoms with Crippen molar-refractivity contribution in [2.75, 3.05) is 13.7 Å². The molecule has 0 bridgehead atoms. The highest BCUT2D eigenvalue weighted by molar-refractivity contribution is 8.15. The van der Waals surface area contributed by atoms with Crippen molar-refractivity contribution in [1.82, 2.24) is 5.01 Å². The second-order valence-electron chi connectivity index (χ2n) is 5.84. The van der Waals surface area contributed by atoms with E-state index in [2.05, 4.69) is 5.10 Å². The summed E-state index contributed by atoms with van der Waals surface area (Å²) in [5.74, 6) is -0.352. The van der Waals surface area contributed by atoms with Crippen LogP contribution < -0.4 is 5.73 Å². The minimum atomic E-state index is -0.782. The molecule has 1 unspecified atom stereocenters. The van der Waals surface area contributed by atoms with Crippen LogP contribution >= 0.6 is 11.8 Å². The van der Waals surface area contributed by atoms with Crippen molar-refractivity contribution in [3.05, 3.63) is 71.5 Å². The van der Waals surface area contributed by atoms with Crippen LogP contribution in [0.15, 0.2) is 59.7 Å². The van der Waals surface area contributed by atoms with Gasteiger partial charge >= 0.3 is 6.09 Å². The third kappa shape index (κ3) is 3.45. The van der Waals surface area contributed by atoms with E-state index in [1.54, 1.807) is 12.1 Å². The quantitative estimate of drug-likeness (QED) is 0.863. The number of halogens is 1. The minimum Gasteiger partial charge on any atom is -0.451 e. The van der Waals surface area contributed by atoms with Crippen LogP contribution in [0.4, 0.5) is 9.18 Å². The summed E-state index contributed by atoms with van der Waals surface area (Å²) >= 11 is 1.42. The van der Waals surface area contributed by atoms with Gasteiger partial charge in [-0.1, -0.05) is 54.2 Å². The van der Waals surface area contributed by atoms with E-state index in [9.17, 15) is 9.18 Å². The van der Waals surface area contributed by atoms with Gasteiger partial charge in [0.1, 0.15) is 15.7 Å². The Hall–Kier alpha value is -2.38. The molecular formula is C19H20FN3O2S. The van der Waals surface area contributed by atoms with Crippen molar-refractivity contribution in [1.29, 1.82) is 0 Å². The monoisotopic (exact) mass is 373 g/mol. The first kappa shape index (κ1) is 18.4. The van der Waals surface area contributed by atoms with Gasteiger partial charge in [-0.2, -0.15) is 10.1 Å². The van der Waals surface area contributed by atoms with Gasteiger partial charge in [-0.15, -0.1) is 0 Å². The van der Waals surface area contributed by atoms with Crippen LogP contribution in [0.2, 0.25) is 0 Å². The van der Waals surface area contributed by atoms with E-state index >= 15 is 0 Å².